The Labute approximate surface area is 277 Å². The zero-order valence-corrected chi connectivity index (χ0v) is 30.4. The molecule has 0 aliphatic carbocycles. The Bertz CT molecular complexity index is 521. The van der Waals surface area contributed by atoms with Crippen LogP contribution in [0, 0.1) is 0 Å². The van der Waals surface area contributed by atoms with Gasteiger partial charge in [-0.25, -0.2) is 0 Å². The fourth-order valence-corrected chi connectivity index (χ4v) is 5.46. The SMILES string of the molecule is CCCCCCCC/C=C\CCCCCCCCOC([NH3+])(CC)OCCCCCCCC/C=C\CCCCCCCC.[Cl-]. The van der Waals surface area contributed by atoms with Gasteiger partial charge in [-0.3, -0.25) is 0 Å². The predicted molar refractivity (Wildman–Crippen MR) is 187 cm³/mol. The first-order chi connectivity index (χ1) is 20.7. The van der Waals surface area contributed by atoms with E-state index in [1.54, 1.807) is 0 Å². The van der Waals surface area contributed by atoms with E-state index in [1.165, 1.54) is 167 Å². The summed E-state index contributed by atoms with van der Waals surface area (Å²) in [5, 5.41) is 0. The summed E-state index contributed by atoms with van der Waals surface area (Å²) in [6.45, 7) is 8.23. The van der Waals surface area contributed by atoms with Crippen molar-refractivity contribution in [3.63, 3.8) is 0 Å². The summed E-state index contributed by atoms with van der Waals surface area (Å²) in [7, 11) is 0. The highest BCUT2D eigenvalue weighted by Crippen LogP contribution is 2.15. The van der Waals surface area contributed by atoms with Crippen LogP contribution in [0.5, 0.6) is 0 Å². The number of halogens is 1. The smallest absolute Gasteiger partial charge is 0.313 e. The molecule has 0 atom stereocenters. The van der Waals surface area contributed by atoms with Crippen molar-refractivity contribution in [2.75, 3.05) is 13.2 Å². The first-order valence-corrected chi connectivity index (χ1v) is 19.1. The van der Waals surface area contributed by atoms with Gasteiger partial charge < -0.3 is 27.6 Å². The maximum absolute atomic E-state index is 6.08. The predicted octanol–water partition coefficient (Wildman–Crippen LogP) is 9.40. The van der Waals surface area contributed by atoms with E-state index in [2.05, 4.69) is 50.8 Å². The Balaban J connectivity index is 0. The molecule has 0 unspecified atom stereocenters. The Morgan fingerprint density at radius 2 is 0.651 bits per heavy atom. The molecule has 43 heavy (non-hydrogen) atoms. The standard InChI is InChI=1S/C39H77NO2.ClH/c1-4-7-9-11-13-15-17-19-21-23-25-27-29-31-33-35-37-41-39(40,6-3)42-38-36-34-32-30-28-26-24-22-20-18-16-14-12-10-8-5-2;/h19-22H,4-18,23-38,40H2,1-3H3;1H/b21-19-,22-20-;. The van der Waals surface area contributed by atoms with Gasteiger partial charge in [-0.15, -0.1) is 0 Å². The third-order valence-corrected chi connectivity index (χ3v) is 8.58. The summed E-state index contributed by atoms with van der Waals surface area (Å²) >= 11 is 0. The highest BCUT2D eigenvalue weighted by molar-refractivity contribution is 4.82. The Morgan fingerprint density at radius 3 is 0.930 bits per heavy atom. The maximum atomic E-state index is 6.08. The van der Waals surface area contributed by atoms with Crippen LogP contribution < -0.4 is 18.1 Å². The average Bonchev–Trinajstić information content (AvgIpc) is 3.00. The molecule has 0 bridgehead atoms. The normalized spacial score (nSPS) is 12.1. The largest absolute Gasteiger partial charge is 1.00 e. The number of hydrogen-bond acceptors (Lipinski definition) is 2. The van der Waals surface area contributed by atoms with Crippen LogP contribution in [0.4, 0.5) is 0 Å². The van der Waals surface area contributed by atoms with Crippen molar-refractivity contribution < 1.29 is 27.6 Å². The van der Waals surface area contributed by atoms with E-state index in [9.17, 15) is 0 Å². The number of unbranched alkanes of at least 4 members (excludes halogenated alkanes) is 24. The summed E-state index contributed by atoms with van der Waals surface area (Å²) in [6.07, 6.45) is 47.8. The fraction of sp³-hybridized carbons (Fsp3) is 0.897. The molecule has 258 valence electrons. The second-order valence-electron chi connectivity index (χ2n) is 12.8. The van der Waals surface area contributed by atoms with Gasteiger partial charge in [0.15, 0.2) is 0 Å². The molecule has 0 aromatic heterocycles. The summed E-state index contributed by atoms with van der Waals surface area (Å²) in [4.78, 5) is 0. The molecule has 0 amide bonds. The third kappa shape index (κ3) is 36.0. The summed E-state index contributed by atoms with van der Waals surface area (Å²) < 4.78 is 12.2. The molecule has 4 heteroatoms. The first kappa shape index (κ1) is 44.8. The lowest BCUT2D eigenvalue weighted by atomic mass is 10.1. The van der Waals surface area contributed by atoms with Gasteiger partial charge in [0.2, 0.25) is 0 Å². The van der Waals surface area contributed by atoms with E-state index in [1.807, 2.05) is 0 Å². The Morgan fingerprint density at radius 1 is 0.395 bits per heavy atom. The molecule has 0 aromatic carbocycles. The minimum atomic E-state index is -0.649. The van der Waals surface area contributed by atoms with Gasteiger partial charge in [-0.2, -0.15) is 0 Å². The first-order valence-electron chi connectivity index (χ1n) is 19.1. The van der Waals surface area contributed by atoms with Crippen LogP contribution in [0.2, 0.25) is 0 Å². The second-order valence-corrected chi connectivity index (χ2v) is 12.8. The van der Waals surface area contributed by atoms with Gasteiger partial charge in [-0.1, -0.05) is 161 Å². The molecule has 0 fully saturated rings. The molecule has 0 aliphatic heterocycles. The topological polar surface area (TPSA) is 46.1 Å². The molecule has 3 nitrogen and oxygen atoms in total. The number of allylic oxidation sites excluding steroid dienone is 4. The van der Waals surface area contributed by atoms with E-state index in [0.29, 0.717) is 0 Å². The number of ether oxygens (including phenoxy) is 2. The van der Waals surface area contributed by atoms with Crippen molar-refractivity contribution in [3.05, 3.63) is 24.3 Å². The van der Waals surface area contributed by atoms with Crippen LogP contribution in [0.3, 0.4) is 0 Å². The molecule has 0 heterocycles. The van der Waals surface area contributed by atoms with E-state index < -0.39 is 5.91 Å². The molecular formula is C39H78ClNO2. The van der Waals surface area contributed by atoms with Gasteiger partial charge in [0.05, 0.1) is 19.6 Å². The van der Waals surface area contributed by atoms with Crippen molar-refractivity contribution >= 4 is 0 Å². The second kappa shape index (κ2) is 37.8. The lowest BCUT2D eigenvalue weighted by molar-refractivity contribution is -0.634. The zero-order valence-electron chi connectivity index (χ0n) is 29.6. The van der Waals surface area contributed by atoms with E-state index >= 15 is 0 Å². The van der Waals surface area contributed by atoms with Gasteiger partial charge in [0.1, 0.15) is 0 Å². The van der Waals surface area contributed by atoms with E-state index in [0.717, 1.165) is 32.5 Å². The molecule has 0 rings (SSSR count). The number of rotatable bonds is 35. The Hall–Kier alpha value is -0.350. The maximum Gasteiger partial charge on any atom is 0.313 e. The van der Waals surface area contributed by atoms with Crippen molar-refractivity contribution in [1.29, 1.82) is 0 Å². The van der Waals surface area contributed by atoms with Crippen LogP contribution in [0.25, 0.3) is 0 Å². The van der Waals surface area contributed by atoms with Crippen LogP contribution in [0.1, 0.15) is 207 Å². The van der Waals surface area contributed by atoms with Crippen molar-refractivity contribution in [3.8, 4) is 0 Å². The van der Waals surface area contributed by atoms with Crippen molar-refractivity contribution in [2.45, 2.75) is 213 Å². The monoisotopic (exact) mass is 628 g/mol. The number of quaternary nitrogens is 1. The Kier molecular flexibility index (Phi) is 39.4. The van der Waals surface area contributed by atoms with Crippen LogP contribution >= 0.6 is 0 Å². The summed E-state index contributed by atoms with van der Waals surface area (Å²) in [5.74, 6) is -0.649. The highest BCUT2D eigenvalue weighted by atomic mass is 35.5. The number of hydrogen-bond donors (Lipinski definition) is 1. The van der Waals surface area contributed by atoms with E-state index in [4.69, 9.17) is 9.47 Å². The molecule has 3 N–H and O–H groups in total. The minimum absolute atomic E-state index is 0. The van der Waals surface area contributed by atoms with Crippen molar-refractivity contribution in [1.82, 2.24) is 0 Å². The van der Waals surface area contributed by atoms with Crippen LogP contribution in [-0.4, -0.2) is 19.1 Å². The molecule has 0 aromatic rings. The van der Waals surface area contributed by atoms with Gasteiger partial charge in [-0.05, 0) is 64.2 Å². The minimum Gasteiger partial charge on any atom is -1.00 e. The molecule has 0 radical (unpaired) electrons. The zero-order chi connectivity index (χ0) is 30.7. The highest BCUT2D eigenvalue weighted by Gasteiger charge is 2.28. The van der Waals surface area contributed by atoms with Gasteiger partial charge in [0, 0.05) is 0 Å². The van der Waals surface area contributed by atoms with Crippen LogP contribution in [0.15, 0.2) is 24.3 Å². The molecule has 0 saturated carbocycles. The lowest BCUT2D eigenvalue weighted by Gasteiger charge is -2.24. The third-order valence-electron chi connectivity index (χ3n) is 8.58. The molecule has 0 spiro atoms. The van der Waals surface area contributed by atoms with Crippen molar-refractivity contribution in [2.24, 2.45) is 0 Å². The van der Waals surface area contributed by atoms with Gasteiger partial charge in [0.25, 0.3) is 0 Å². The lowest BCUT2D eigenvalue weighted by Crippen LogP contribution is -3.00. The summed E-state index contributed by atoms with van der Waals surface area (Å²) in [6, 6.07) is 0. The molecular weight excluding hydrogens is 550 g/mol. The summed E-state index contributed by atoms with van der Waals surface area (Å²) in [5.41, 5.74) is 4.25. The average molecular weight is 629 g/mol. The molecule has 0 aliphatic rings. The fourth-order valence-electron chi connectivity index (χ4n) is 5.46. The van der Waals surface area contributed by atoms with Gasteiger partial charge >= 0.3 is 5.91 Å². The molecule has 0 saturated heterocycles. The van der Waals surface area contributed by atoms with Crippen LogP contribution in [-0.2, 0) is 9.47 Å². The van der Waals surface area contributed by atoms with E-state index in [-0.39, 0.29) is 12.4 Å². The quantitative estimate of drug-likeness (QED) is 0.0432.